The van der Waals surface area contributed by atoms with Crippen LogP contribution in [-0.4, -0.2) is 33.0 Å². The van der Waals surface area contributed by atoms with Crippen molar-refractivity contribution in [2.75, 3.05) is 6.61 Å². The number of amides is 1. The summed E-state index contributed by atoms with van der Waals surface area (Å²) in [7, 11) is 0. The molecule has 1 aromatic heterocycles. The highest BCUT2D eigenvalue weighted by Crippen LogP contribution is 2.28. The SMILES string of the molecule is O=C(O)NC(CO)c1ccc(-c2scnc2CO)cc1. The highest BCUT2D eigenvalue weighted by Gasteiger charge is 2.14. The van der Waals surface area contributed by atoms with Crippen LogP contribution in [0.2, 0.25) is 0 Å². The number of thiazole rings is 1. The molecule has 0 aliphatic carbocycles. The number of aromatic nitrogens is 1. The van der Waals surface area contributed by atoms with Gasteiger partial charge >= 0.3 is 6.09 Å². The van der Waals surface area contributed by atoms with E-state index in [1.165, 1.54) is 11.3 Å². The van der Waals surface area contributed by atoms with E-state index in [-0.39, 0.29) is 13.2 Å². The van der Waals surface area contributed by atoms with Crippen molar-refractivity contribution in [1.82, 2.24) is 10.3 Å². The highest BCUT2D eigenvalue weighted by molar-refractivity contribution is 7.13. The molecule has 0 spiro atoms. The largest absolute Gasteiger partial charge is 0.465 e. The van der Waals surface area contributed by atoms with E-state index in [9.17, 15) is 15.0 Å². The second kappa shape index (κ2) is 6.47. The van der Waals surface area contributed by atoms with Crippen LogP contribution in [0.4, 0.5) is 4.79 Å². The van der Waals surface area contributed by atoms with Gasteiger partial charge in [-0.1, -0.05) is 24.3 Å². The van der Waals surface area contributed by atoms with E-state index in [0.717, 1.165) is 10.4 Å². The van der Waals surface area contributed by atoms with Crippen LogP contribution >= 0.6 is 11.3 Å². The Morgan fingerprint density at radius 2 is 2.00 bits per heavy atom. The lowest BCUT2D eigenvalue weighted by Gasteiger charge is -2.14. The maximum atomic E-state index is 10.6. The summed E-state index contributed by atoms with van der Waals surface area (Å²) in [5.74, 6) is 0. The molecule has 0 bridgehead atoms. The molecular formula is C13H14N2O4S. The van der Waals surface area contributed by atoms with Crippen LogP contribution in [0.5, 0.6) is 0 Å². The summed E-state index contributed by atoms with van der Waals surface area (Å²) >= 11 is 1.43. The van der Waals surface area contributed by atoms with Gasteiger partial charge < -0.3 is 20.6 Å². The van der Waals surface area contributed by atoms with Crippen molar-refractivity contribution in [2.45, 2.75) is 12.6 Å². The number of aliphatic hydroxyl groups is 2. The van der Waals surface area contributed by atoms with Crippen molar-refractivity contribution < 1.29 is 20.1 Å². The summed E-state index contributed by atoms with van der Waals surface area (Å²) in [4.78, 5) is 15.6. The Balaban J connectivity index is 2.23. The minimum atomic E-state index is -1.18. The molecule has 1 heterocycles. The number of benzene rings is 1. The minimum absolute atomic E-state index is 0.125. The van der Waals surface area contributed by atoms with Gasteiger partial charge in [0.25, 0.3) is 0 Å². The van der Waals surface area contributed by atoms with E-state index in [2.05, 4.69) is 10.3 Å². The van der Waals surface area contributed by atoms with E-state index in [4.69, 9.17) is 5.11 Å². The first-order valence-electron chi connectivity index (χ1n) is 5.89. The summed E-state index contributed by atoms with van der Waals surface area (Å²) in [6.07, 6.45) is -1.18. The molecular weight excluding hydrogens is 280 g/mol. The number of hydrogen-bond donors (Lipinski definition) is 4. The number of hydrogen-bond acceptors (Lipinski definition) is 5. The Kier molecular flexibility index (Phi) is 4.67. The molecule has 20 heavy (non-hydrogen) atoms. The smallest absolute Gasteiger partial charge is 0.405 e. The van der Waals surface area contributed by atoms with Crippen LogP contribution in [0.25, 0.3) is 10.4 Å². The van der Waals surface area contributed by atoms with Crippen molar-refractivity contribution in [2.24, 2.45) is 0 Å². The van der Waals surface area contributed by atoms with Crippen LogP contribution in [0, 0.1) is 0 Å². The molecule has 1 amide bonds. The number of nitrogens with zero attached hydrogens (tertiary/aromatic N) is 1. The van der Waals surface area contributed by atoms with Gasteiger partial charge in [0.1, 0.15) is 0 Å². The van der Waals surface area contributed by atoms with Gasteiger partial charge in [-0.3, -0.25) is 0 Å². The standard InChI is InChI=1S/C13H14N2O4S/c16-5-10(15-13(18)19)8-1-3-9(4-2-8)12-11(6-17)14-7-20-12/h1-4,7,10,15-17H,5-6H2,(H,18,19). The van der Waals surface area contributed by atoms with Gasteiger partial charge in [0.15, 0.2) is 0 Å². The fourth-order valence-corrected chi connectivity index (χ4v) is 2.68. The van der Waals surface area contributed by atoms with Gasteiger partial charge in [0.05, 0.1) is 35.3 Å². The van der Waals surface area contributed by atoms with Crippen LogP contribution in [-0.2, 0) is 6.61 Å². The molecule has 4 N–H and O–H groups in total. The lowest BCUT2D eigenvalue weighted by atomic mass is 10.0. The van der Waals surface area contributed by atoms with Crippen LogP contribution in [0.15, 0.2) is 29.8 Å². The zero-order valence-electron chi connectivity index (χ0n) is 10.5. The first kappa shape index (κ1) is 14.4. The fourth-order valence-electron chi connectivity index (χ4n) is 1.87. The zero-order chi connectivity index (χ0) is 14.5. The van der Waals surface area contributed by atoms with Crippen molar-refractivity contribution in [3.63, 3.8) is 0 Å². The van der Waals surface area contributed by atoms with Crippen molar-refractivity contribution in [1.29, 1.82) is 0 Å². The molecule has 106 valence electrons. The normalized spacial score (nSPS) is 12.1. The fraction of sp³-hybridized carbons (Fsp3) is 0.231. The Bertz CT molecular complexity index is 582. The summed E-state index contributed by atoms with van der Waals surface area (Å²) in [5, 5.41) is 29.3. The molecule has 1 atom stereocenters. The Hall–Kier alpha value is -1.96. The Labute approximate surface area is 119 Å². The monoisotopic (exact) mass is 294 g/mol. The summed E-state index contributed by atoms with van der Waals surface area (Å²) < 4.78 is 0. The lowest BCUT2D eigenvalue weighted by Crippen LogP contribution is -2.29. The van der Waals surface area contributed by atoms with Crippen LogP contribution in [0.1, 0.15) is 17.3 Å². The summed E-state index contributed by atoms with van der Waals surface area (Å²) in [6, 6.07) is 6.46. The zero-order valence-corrected chi connectivity index (χ0v) is 11.3. The maximum Gasteiger partial charge on any atom is 0.405 e. The molecule has 2 aromatic rings. The maximum absolute atomic E-state index is 10.6. The van der Waals surface area contributed by atoms with E-state index in [1.54, 1.807) is 17.6 Å². The Morgan fingerprint density at radius 1 is 1.30 bits per heavy atom. The average Bonchev–Trinajstić information content (AvgIpc) is 2.93. The molecule has 0 saturated heterocycles. The lowest BCUT2D eigenvalue weighted by molar-refractivity contribution is 0.177. The number of carbonyl (C=O) groups is 1. The van der Waals surface area contributed by atoms with Crippen LogP contribution in [0.3, 0.4) is 0 Å². The molecule has 0 aliphatic rings. The first-order valence-corrected chi connectivity index (χ1v) is 6.77. The average molecular weight is 294 g/mol. The van der Waals surface area contributed by atoms with Crippen molar-refractivity contribution in [3.8, 4) is 10.4 Å². The molecule has 0 aliphatic heterocycles. The van der Waals surface area contributed by atoms with Gasteiger partial charge in [-0.05, 0) is 11.1 Å². The minimum Gasteiger partial charge on any atom is -0.465 e. The van der Waals surface area contributed by atoms with E-state index in [0.29, 0.717) is 11.3 Å². The molecule has 2 rings (SSSR count). The number of carboxylic acid groups (broad SMARTS) is 1. The Morgan fingerprint density at radius 3 is 2.55 bits per heavy atom. The molecule has 7 heteroatoms. The molecule has 0 radical (unpaired) electrons. The van der Waals surface area contributed by atoms with E-state index >= 15 is 0 Å². The number of rotatable bonds is 5. The third kappa shape index (κ3) is 3.13. The predicted octanol–water partition coefficient (Wildman–Crippen LogP) is 1.60. The predicted molar refractivity (Wildman–Crippen MR) is 74.5 cm³/mol. The van der Waals surface area contributed by atoms with Crippen molar-refractivity contribution >= 4 is 17.4 Å². The topological polar surface area (TPSA) is 103 Å². The van der Waals surface area contributed by atoms with Crippen LogP contribution < -0.4 is 5.32 Å². The molecule has 1 unspecified atom stereocenters. The van der Waals surface area contributed by atoms with Gasteiger partial charge in [-0.15, -0.1) is 11.3 Å². The van der Waals surface area contributed by atoms with E-state index in [1.807, 2.05) is 12.1 Å². The third-order valence-electron chi connectivity index (χ3n) is 2.85. The van der Waals surface area contributed by atoms with Gasteiger partial charge in [-0.25, -0.2) is 9.78 Å². The van der Waals surface area contributed by atoms with E-state index < -0.39 is 12.1 Å². The quantitative estimate of drug-likeness (QED) is 0.671. The molecule has 0 fully saturated rings. The third-order valence-corrected chi connectivity index (χ3v) is 3.76. The molecule has 1 aromatic carbocycles. The second-order valence-electron chi connectivity index (χ2n) is 4.09. The highest BCUT2D eigenvalue weighted by atomic mass is 32.1. The second-order valence-corrected chi connectivity index (χ2v) is 4.95. The first-order chi connectivity index (χ1) is 9.65. The van der Waals surface area contributed by atoms with Gasteiger partial charge in [-0.2, -0.15) is 0 Å². The molecule has 6 nitrogen and oxygen atoms in total. The van der Waals surface area contributed by atoms with Gasteiger partial charge in [0, 0.05) is 0 Å². The summed E-state index contributed by atoms with van der Waals surface area (Å²) in [6.45, 7) is -0.436. The number of aliphatic hydroxyl groups excluding tert-OH is 2. The van der Waals surface area contributed by atoms with Gasteiger partial charge in [0.2, 0.25) is 0 Å². The summed E-state index contributed by atoms with van der Waals surface area (Å²) in [5.41, 5.74) is 3.85. The number of nitrogens with one attached hydrogen (secondary N) is 1. The molecule has 0 saturated carbocycles. The van der Waals surface area contributed by atoms with Crippen molar-refractivity contribution in [3.05, 3.63) is 41.0 Å².